The number of anilines is 1. The molecule has 1 saturated heterocycles. The van der Waals surface area contributed by atoms with Gasteiger partial charge in [-0.3, -0.25) is 4.57 Å². The van der Waals surface area contributed by atoms with Crippen LogP contribution in [0.5, 0.6) is 0 Å². The molecule has 0 unspecified atom stereocenters. The lowest BCUT2D eigenvalue weighted by molar-refractivity contribution is 0.337. The topological polar surface area (TPSA) is 63.8 Å². The maximum absolute atomic E-state index is 4.50. The Morgan fingerprint density at radius 3 is 2.60 bits per heavy atom. The van der Waals surface area contributed by atoms with Crippen LogP contribution in [0.1, 0.15) is 18.9 Å². The van der Waals surface area contributed by atoms with Crippen LogP contribution in [0.15, 0.2) is 42.9 Å². The van der Waals surface area contributed by atoms with Crippen molar-refractivity contribution >= 4 is 5.69 Å². The van der Waals surface area contributed by atoms with Gasteiger partial charge in [-0.25, -0.2) is 9.67 Å². The molecule has 7 nitrogen and oxygen atoms in total. The molecule has 2 aromatic heterocycles. The van der Waals surface area contributed by atoms with E-state index in [2.05, 4.69) is 54.3 Å². The van der Waals surface area contributed by atoms with Crippen LogP contribution in [0.4, 0.5) is 5.69 Å². The van der Waals surface area contributed by atoms with Gasteiger partial charge in [0.15, 0.2) is 5.82 Å². The summed E-state index contributed by atoms with van der Waals surface area (Å²) >= 11 is 0. The standard InChI is InChI=1S/C18H23N7/c1-23(2)14-3-5-15(6-4-14)24-12-11-20-18(24)17-13-25(22-21-17)16-7-9-19-10-8-16/h3-6,11-13,16,19H,7-10H2,1-2H3. The van der Waals surface area contributed by atoms with Crippen LogP contribution in [-0.4, -0.2) is 51.7 Å². The van der Waals surface area contributed by atoms with E-state index in [0.717, 1.165) is 43.1 Å². The summed E-state index contributed by atoms with van der Waals surface area (Å²) in [7, 11) is 4.08. The summed E-state index contributed by atoms with van der Waals surface area (Å²) in [5, 5.41) is 12.1. The van der Waals surface area contributed by atoms with Gasteiger partial charge in [0.2, 0.25) is 0 Å². The number of rotatable bonds is 4. The first-order chi connectivity index (χ1) is 12.2. The van der Waals surface area contributed by atoms with E-state index >= 15 is 0 Å². The van der Waals surface area contributed by atoms with Gasteiger partial charge in [0.1, 0.15) is 5.69 Å². The smallest absolute Gasteiger partial charge is 0.166 e. The zero-order valence-corrected chi connectivity index (χ0v) is 14.6. The molecule has 1 N–H and O–H groups in total. The fourth-order valence-corrected chi connectivity index (χ4v) is 3.24. The average Bonchev–Trinajstić information content (AvgIpc) is 3.32. The first kappa shape index (κ1) is 15.8. The number of imidazole rings is 1. The van der Waals surface area contributed by atoms with Gasteiger partial charge in [0, 0.05) is 37.9 Å². The summed E-state index contributed by atoms with van der Waals surface area (Å²) in [5.74, 6) is 0.817. The van der Waals surface area contributed by atoms with Gasteiger partial charge >= 0.3 is 0 Å². The molecule has 0 atom stereocenters. The summed E-state index contributed by atoms with van der Waals surface area (Å²) in [6, 6.07) is 8.82. The first-order valence-electron chi connectivity index (χ1n) is 8.66. The Kier molecular flexibility index (Phi) is 4.23. The van der Waals surface area contributed by atoms with Gasteiger partial charge in [0.05, 0.1) is 12.2 Å². The molecule has 25 heavy (non-hydrogen) atoms. The van der Waals surface area contributed by atoms with E-state index in [0.29, 0.717) is 6.04 Å². The van der Waals surface area contributed by atoms with E-state index in [4.69, 9.17) is 0 Å². The monoisotopic (exact) mass is 337 g/mol. The van der Waals surface area contributed by atoms with Crippen molar-refractivity contribution < 1.29 is 0 Å². The maximum Gasteiger partial charge on any atom is 0.166 e. The Morgan fingerprint density at radius 1 is 1.12 bits per heavy atom. The lowest BCUT2D eigenvalue weighted by atomic mass is 10.1. The predicted molar refractivity (Wildman–Crippen MR) is 98.0 cm³/mol. The molecule has 0 aliphatic carbocycles. The maximum atomic E-state index is 4.50. The van der Waals surface area contributed by atoms with Crippen LogP contribution in [0.3, 0.4) is 0 Å². The summed E-state index contributed by atoms with van der Waals surface area (Å²) in [5.41, 5.74) is 3.04. The highest BCUT2D eigenvalue weighted by Gasteiger charge is 2.18. The fraction of sp³-hybridized carbons (Fsp3) is 0.389. The summed E-state index contributed by atoms with van der Waals surface area (Å²) in [6.45, 7) is 2.07. The largest absolute Gasteiger partial charge is 0.378 e. The zero-order valence-electron chi connectivity index (χ0n) is 14.6. The van der Waals surface area contributed by atoms with Gasteiger partial charge in [-0.15, -0.1) is 5.10 Å². The molecule has 0 radical (unpaired) electrons. The molecular formula is C18H23N7. The number of aromatic nitrogens is 5. The van der Waals surface area contributed by atoms with Gasteiger partial charge < -0.3 is 10.2 Å². The van der Waals surface area contributed by atoms with Crippen molar-refractivity contribution in [1.29, 1.82) is 0 Å². The number of nitrogens with one attached hydrogen (secondary N) is 1. The molecule has 0 amide bonds. The first-order valence-corrected chi connectivity index (χ1v) is 8.66. The third-order valence-electron chi connectivity index (χ3n) is 4.71. The Hall–Kier alpha value is -2.67. The van der Waals surface area contributed by atoms with Crippen LogP contribution in [0.25, 0.3) is 17.2 Å². The molecule has 0 saturated carbocycles. The van der Waals surface area contributed by atoms with Crippen molar-refractivity contribution in [3.8, 4) is 17.2 Å². The molecule has 0 spiro atoms. The van der Waals surface area contributed by atoms with Gasteiger partial charge in [-0.2, -0.15) is 0 Å². The lowest BCUT2D eigenvalue weighted by Crippen LogP contribution is -2.29. The highest BCUT2D eigenvalue weighted by atomic mass is 15.4. The average molecular weight is 337 g/mol. The molecular weight excluding hydrogens is 314 g/mol. The number of benzene rings is 1. The fourth-order valence-electron chi connectivity index (χ4n) is 3.24. The molecule has 7 heteroatoms. The molecule has 1 aliphatic rings. The Labute approximate surface area is 147 Å². The van der Waals surface area contributed by atoms with Crippen LogP contribution >= 0.6 is 0 Å². The second-order valence-electron chi connectivity index (χ2n) is 6.60. The van der Waals surface area contributed by atoms with Crippen molar-refractivity contribution in [3.05, 3.63) is 42.9 Å². The summed E-state index contributed by atoms with van der Waals surface area (Å²) < 4.78 is 4.04. The minimum Gasteiger partial charge on any atom is -0.378 e. The quantitative estimate of drug-likeness (QED) is 0.790. The SMILES string of the molecule is CN(C)c1ccc(-n2ccnc2-c2cn(C3CCNCC3)nn2)cc1. The molecule has 130 valence electrons. The molecule has 3 heterocycles. The zero-order chi connectivity index (χ0) is 17.2. The Balaban J connectivity index is 1.62. The highest BCUT2D eigenvalue weighted by molar-refractivity contribution is 5.55. The Morgan fingerprint density at radius 2 is 1.88 bits per heavy atom. The van der Waals surface area contributed by atoms with Gasteiger partial charge in [0.25, 0.3) is 0 Å². The summed E-state index contributed by atoms with van der Waals surface area (Å²) in [6.07, 6.45) is 7.96. The molecule has 1 fully saturated rings. The number of nitrogens with zero attached hydrogens (tertiary/aromatic N) is 6. The third kappa shape index (κ3) is 3.15. The van der Waals surface area contributed by atoms with Crippen molar-refractivity contribution in [2.45, 2.75) is 18.9 Å². The second-order valence-corrected chi connectivity index (χ2v) is 6.60. The van der Waals surface area contributed by atoms with E-state index in [1.807, 2.05) is 31.2 Å². The number of piperidine rings is 1. The van der Waals surface area contributed by atoms with Crippen molar-refractivity contribution in [3.63, 3.8) is 0 Å². The van der Waals surface area contributed by atoms with Crippen LogP contribution in [-0.2, 0) is 0 Å². The summed E-state index contributed by atoms with van der Waals surface area (Å²) in [4.78, 5) is 6.59. The predicted octanol–water partition coefficient (Wildman–Crippen LogP) is 2.12. The van der Waals surface area contributed by atoms with Crippen LogP contribution in [0, 0.1) is 0 Å². The van der Waals surface area contributed by atoms with Crippen molar-refractivity contribution in [1.82, 2.24) is 29.9 Å². The highest BCUT2D eigenvalue weighted by Crippen LogP contribution is 2.24. The molecule has 1 aliphatic heterocycles. The van der Waals surface area contributed by atoms with Crippen molar-refractivity contribution in [2.75, 3.05) is 32.1 Å². The van der Waals surface area contributed by atoms with E-state index in [9.17, 15) is 0 Å². The molecule has 0 bridgehead atoms. The van der Waals surface area contributed by atoms with Crippen LogP contribution < -0.4 is 10.2 Å². The van der Waals surface area contributed by atoms with Gasteiger partial charge in [-0.1, -0.05) is 5.21 Å². The molecule has 3 aromatic rings. The van der Waals surface area contributed by atoms with E-state index < -0.39 is 0 Å². The number of hydrogen-bond donors (Lipinski definition) is 1. The molecule has 1 aromatic carbocycles. The lowest BCUT2D eigenvalue weighted by Gasteiger charge is -2.22. The normalized spacial score (nSPS) is 15.4. The Bertz CT molecular complexity index is 825. The van der Waals surface area contributed by atoms with E-state index in [1.54, 1.807) is 6.20 Å². The van der Waals surface area contributed by atoms with E-state index in [1.165, 1.54) is 5.69 Å². The third-order valence-corrected chi connectivity index (χ3v) is 4.71. The van der Waals surface area contributed by atoms with Crippen LogP contribution in [0.2, 0.25) is 0 Å². The second kappa shape index (κ2) is 6.68. The molecule has 4 rings (SSSR count). The minimum absolute atomic E-state index is 0.422. The van der Waals surface area contributed by atoms with Gasteiger partial charge in [-0.05, 0) is 50.2 Å². The van der Waals surface area contributed by atoms with Crippen molar-refractivity contribution in [2.24, 2.45) is 0 Å². The van der Waals surface area contributed by atoms with E-state index in [-0.39, 0.29) is 0 Å². The minimum atomic E-state index is 0.422. The number of hydrogen-bond acceptors (Lipinski definition) is 5.